The predicted molar refractivity (Wildman–Crippen MR) is 76.3 cm³/mol. The van der Waals surface area contributed by atoms with E-state index in [9.17, 15) is 8.78 Å². The van der Waals surface area contributed by atoms with Crippen LogP contribution in [0.1, 0.15) is 5.56 Å². The van der Waals surface area contributed by atoms with Crippen LogP contribution in [0, 0.1) is 18.6 Å². The Kier molecular flexibility index (Phi) is 3.13. The Morgan fingerprint density at radius 1 is 1.10 bits per heavy atom. The van der Waals surface area contributed by atoms with Crippen LogP contribution in [0.15, 0.2) is 36.5 Å². The fourth-order valence-electron chi connectivity index (χ4n) is 2.19. The van der Waals surface area contributed by atoms with Crippen molar-refractivity contribution >= 4 is 5.82 Å². The van der Waals surface area contributed by atoms with Crippen LogP contribution in [-0.2, 0) is 0 Å². The highest BCUT2D eigenvalue weighted by Gasteiger charge is 2.22. The molecule has 0 aliphatic carbocycles. The molecule has 106 valence electrons. The van der Waals surface area contributed by atoms with Gasteiger partial charge < -0.3 is 5.73 Å². The molecular formula is C15H12F2N4. The van der Waals surface area contributed by atoms with Crippen LogP contribution < -0.4 is 5.73 Å². The molecule has 3 rings (SSSR count). The lowest BCUT2D eigenvalue weighted by Crippen LogP contribution is -1.96. The monoisotopic (exact) mass is 286 g/mol. The normalized spacial score (nSPS) is 10.8. The van der Waals surface area contributed by atoms with E-state index in [-0.39, 0.29) is 17.1 Å². The molecule has 0 aliphatic heterocycles. The van der Waals surface area contributed by atoms with Crippen molar-refractivity contribution in [3.63, 3.8) is 0 Å². The lowest BCUT2D eigenvalue weighted by Gasteiger charge is -2.08. The quantitative estimate of drug-likeness (QED) is 0.759. The Morgan fingerprint density at radius 3 is 2.62 bits per heavy atom. The van der Waals surface area contributed by atoms with Gasteiger partial charge in [0.2, 0.25) is 0 Å². The van der Waals surface area contributed by atoms with Crippen molar-refractivity contribution in [1.29, 1.82) is 0 Å². The molecule has 3 N–H and O–H groups in total. The minimum atomic E-state index is -0.682. The van der Waals surface area contributed by atoms with E-state index in [0.717, 1.165) is 0 Å². The van der Waals surface area contributed by atoms with Crippen molar-refractivity contribution in [1.82, 2.24) is 15.2 Å². The van der Waals surface area contributed by atoms with Gasteiger partial charge >= 0.3 is 0 Å². The van der Waals surface area contributed by atoms with Gasteiger partial charge in [0.15, 0.2) is 5.82 Å². The zero-order valence-corrected chi connectivity index (χ0v) is 11.2. The molecule has 0 saturated carbocycles. The zero-order chi connectivity index (χ0) is 15.0. The van der Waals surface area contributed by atoms with Crippen molar-refractivity contribution in [3.8, 4) is 22.5 Å². The summed E-state index contributed by atoms with van der Waals surface area (Å²) in [5, 5.41) is 6.46. The standard InChI is InChI=1S/C15H12F2N4/c1-8-5-6-9(16)11(13(8)17)14-12(15(18)21-20-14)10-4-2-3-7-19-10/h2-7H,1H3,(H3,18,20,21). The van der Waals surface area contributed by atoms with Gasteiger partial charge in [0.1, 0.15) is 11.6 Å². The molecule has 0 spiro atoms. The van der Waals surface area contributed by atoms with Crippen LogP contribution in [-0.4, -0.2) is 15.2 Å². The maximum Gasteiger partial charge on any atom is 0.155 e. The molecule has 2 heterocycles. The number of anilines is 1. The number of nitrogens with two attached hydrogens (primary N) is 1. The van der Waals surface area contributed by atoms with E-state index in [1.54, 1.807) is 31.3 Å². The van der Waals surface area contributed by atoms with E-state index in [4.69, 9.17) is 5.73 Å². The number of aromatic amines is 1. The highest BCUT2D eigenvalue weighted by molar-refractivity contribution is 5.86. The highest BCUT2D eigenvalue weighted by atomic mass is 19.1. The molecule has 2 aromatic heterocycles. The van der Waals surface area contributed by atoms with Crippen molar-refractivity contribution in [2.45, 2.75) is 6.92 Å². The predicted octanol–water partition coefficient (Wildman–Crippen LogP) is 3.31. The number of nitrogen functional groups attached to an aromatic ring is 1. The Morgan fingerprint density at radius 2 is 1.90 bits per heavy atom. The van der Waals surface area contributed by atoms with Gasteiger partial charge in [-0.3, -0.25) is 10.1 Å². The fourth-order valence-corrected chi connectivity index (χ4v) is 2.19. The van der Waals surface area contributed by atoms with Gasteiger partial charge in [-0.25, -0.2) is 8.78 Å². The van der Waals surface area contributed by atoms with Crippen LogP contribution >= 0.6 is 0 Å². The molecular weight excluding hydrogens is 274 g/mol. The second-order valence-corrected chi connectivity index (χ2v) is 4.63. The Hall–Kier alpha value is -2.76. The summed E-state index contributed by atoms with van der Waals surface area (Å²) < 4.78 is 28.4. The molecule has 4 nitrogen and oxygen atoms in total. The van der Waals surface area contributed by atoms with Crippen molar-refractivity contribution in [2.24, 2.45) is 0 Å². The first kappa shape index (κ1) is 13.2. The molecule has 0 radical (unpaired) electrons. The van der Waals surface area contributed by atoms with Gasteiger partial charge in [-0.2, -0.15) is 5.10 Å². The van der Waals surface area contributed by atoms with Crippen LogP contribution in [0.4, 0.5) is 14.6 Å². The molecule has 0 fully saturated rings. The summed E-state index contributed by atoms with van der Waals surface area (Å²) >= 11 is 0. The van der Waals surface area contributed by atoms with Gasteiger partial charge in [0, 0.05) is 6.20 Å². The topological polar surface area (TPSA) is 67.6 Å². The number of H-pyrrole nitrogens is 1. The lowest BCUT2D eigenvalue weighted by atomic mass is 10.0. The number of hydrogen-bond acceptors (Lipinski definition) is 3. The van der Waals surface area contributed by atoms with Gasteiger partial charge in [0.25, 0.3) is 0 Å². The number of rotatable bonds is 2. The summed E-state index contributed by atoms with van der Waals surface area (Å²) in [6.45, 7) is 1.57. The lowest BCUT2D eigenvalue weighted by molar-refractivity contribution is 0.583. The third-order valence-electron chi connectivity index (χ3n) is 3.25. The Balaban J connectivity index is 2.30. The molecule has 0 bridgehead atoms. The molecule has 21 heavy (non-hydrogen) atoms. The Labute approximate surface area is 119 Å². The first-order valence-corrected chi connectivity index (χ1v) is 6.30. The minimum Gasteiger partial charge on any atom is -0.382 e. The van der Waals surface area contributed by atoms with E-state index in [2.05, 4.69) is 15.2 Å². The van der Waals surface area contributed by atoms with Gasteiger partial charge in [-0.05, 0) is 30.7 Å². The highest BCUT2D eigenvalue weighted by Crippen LogP contribution is 2.36. The molecule has 0 saturated heterocycles. The second kappa shape index (κ2) is 4.97. The molecule has 1 aromatic carbocycles. The first-order chi connectivity index (χ1) is 10.1. The number of hydrogen-bond donors (Lipinski definition) is 2. The number of aromatic nitrogens is 3. The van der Waals surface area contributed by atoms with E-state index in [1.807, 2.05) is 0 Å². The largest absolute Gasteiger partial charge is 0.382 e. The van der Waals surface area contributed by atoms with Crippen LogP contribution in [0.3, 0.4) is 0 Å². The average Bonchev–Trinajstić information content (AvgIpc) is 2.86. The van der Waals surface area contributed by atoms with E-state index in [0.29, 0.717) is 16.8 Å². The number of aryl methyl sites for hydroxylation is 1. The first-order valence-electron chi connectivity index (χ1n) is 6.30. The number of benzene rings is 1. The summed E-state index contributed by atoms with van der Waals surface area (Å²) in [7, 11) is 0. The van der Waals surface area contributed by atoms with E-state index in [1.165, 1.54) is 12.1 Å². The van der Waals surface area contributed by atoms with E-state index >= 15 is 0 Å². The zero-order valence-electron chi connectivity index (χ0n) is 11.2. The minimum absolute atomic E-state index is 0.143. The van der Waals surface area contributed by atoms with Gasteiger partial charge in [-0.1, -0.05) is 12.1 Å². The molecule has 3 aromatic rings. The third kappa shape index (κ3) is 2.14. The Bertz CT molecular complexity index is 797. The maximum absolute atomic E-state index is 14.3. The summed E-state index contributed by atoms with van der Waals surface area (Å²) in [6, 6.07) is 7.81. The van der Waals surface area contributed by atoms with Gasteiger partial charge in [0.05, 0.1) is 22.5 Å². The smallest absolute Gasteiger partial charge is 0.155 e. The molecule has 0 atom stereocenters. The number of pyridine rings is 1. The average molecular weight is 286 g/mol. The summed E-state index contributed by atoms with van der Waals surface area (Å²) in [5.41, 5.74) is 7.05. The van der Waals surface area contributed by atoms with Gasteiger partial charge in [-0.15, -0.1) is 0 Å². The van der Waals surface area contributed by atoms with Crippen molar-refractivity contribution < 1.29 is 8.78 Å². The molecule has 0 aliphatic rings. The van der Waals surface area contributed by atoms with Crippen molar-refractivity contribution in [3.05, 3.63) is 53.7 Å². The summed E-state index contributed by atoms with van der Waals surface area (Å²) in [4.78, 5) is 4.17. The number of halogens is 2. The van der Waals surface area contributed by atoms with E-state index < -0.39 is 11.6 Å². The summed E-state index contributed by atoms with van der Waals surface area (Å²) in [5.74, 6) is -1.18. The SMILES string of the molecule is Cc1ccc(F)c(-c2[nH]nc(N)c2-c2ccccn2)c1F. The number of nitrogens with zero attached hydrogens (tertiary/aromatic N) is 2. The fraction of sp³-hybridized carbons (Fsp3) is 0.0667. The maximum atomic E-state index is 14.3. The second-order valence-electron chi connectivity index (χ2n) is 4.63. The van der Waals surface area contributed by atoms with Crippen LogP contribution in [0.2, 0.25) is 0 Å². The molecule has 0 amide bonds. The summed E-state index contributed by atoms with van der Waals surface area (Å²) in [6.07, 6.45) is 1.58. The van der Waals surface area contributed by atoms with Crippen molar-refractivity contribution in [2.75, 3.05) is 5.73 Å². The number of nitrogens with one attached hydrogen (secondary N) is 1. The molecule has 6 heteroatoms. The molecule has 0 unspecified atom stereocenters. The van der Waals surface area contributed by atoms with Crippen LogP contribution in [0.5, 0.6) is 0 Å². The third-order valence-corrected chi connectivity index (χ3v) is 3.25. The van der Waals surface area contributed by atoms with Crippen LogP contribution in [0.25, 0.3) is 22.5 Å².